The van der Waals surface area contributed by atoms with Crippen LogP contribution in [0.1, 0.15) is 49.9 Å². The first-order valence-electron chi connectivity index (χ1n) is 17.9. The Hall–Kier alpha value is -6.57. The molecule has 59 heavy (non-hydrogen) atoms. The van der Waals surface area contributed by atoms with E-state index in [4.69, 9.17) is 27.0 Å². The molecule has 0 saturated carbocycles. The number of nitrogens with one attached hydrogen (secondary N) is 2. The molecule has 0 aliphatic carbocycles. The first-order valence-corrected chi connectivity index (χ1v) is 19.3. The van der Waals surface area contributed by atoms with Crippen molar-refractivity contribution < 1.29 is 46.0 Å². The molecule has 0 radical (unpaired) electrons. The Balaban J connectivity index is 0.000000234. The molecule has 0 saturated heterocycles. The summed E-state index contributed by atoms with van der Waals surface area (Å²) < 4.78 is 48.4. The molecule has 2 N–H and O–H groups in total. The van der Waals surface area contributed by atoms with Crippen LogP contribution in [0.15, 0.2) is 95.1 Å². The van der Waals surface area contributed by atoms with Gasteiger partial charge in [-0.15, -0.1) is 0 Å². The lowest BCUT2D eigenvalue weighted by Gasteiger charge is -2.14. The Kier molecular flexibility index (Phi) is 14.4. The molecular formula is C40H46N8O10S. The molecule has 0 aromatic heterocycles. The lowest BCUT2D eigenvalue weighted by Crippen LogP contribution is -2.30. The fourth-order valence-electron chi connectivity index (χ4n) is 6.71. The summed E-state index contributed by atoms with van der Waals surface area (Å²) in [5.74, 6) is 1.64. The van der Waals surface area contributed by atoms with Crippen LogP contribution in [0.3, 0.4) is 0 Å². The molecule has 312 valence electrons. The summed E-state index contributed by atoms with van der Waals surface area (Å²) in [6.45, 7) is 9.37. The molecule has 0 atom stereocenters. The van der Waals surface area contributed by atoms with Crippen molar-refractivity contribution in [2.24, 2.45) is 10.2 Å². The first kappa shape index (κ1) is 45.1. The number of ether oxygens (including phenoxy) is 2. The van der Waals surface area contributed by atoms with Crippen LogP contribution in [0.2, 0.25) is 0 Å². The van der Waals surface area contributed by atoms with E-state index in [1.807, 2.05) is 99.5 Å². The number of hydrazone groups is 2. The molecule has 2 aliphatic heterocycles. The van der Waals surface area contributed by atoms with Crippen molar-refractivity contribution >= 4 is 57.0 Å². The van der Waals surface area contributed by atoms with E-state index in [1.165, 1.54) is 12.1 Å². The predicted molar refractivity (Wildman–Crippen MR) is 221 cm³/mol. The van der Waals surface area contributed by atoms with Gasteiger partial charge >= 0.3 is 0 Å². The smallest absolute Gasteiger partial charge is 0.270 e. The van der Waals surface area contributed by atoms with Crippen LogP contribution in [0.4, 0.5) is 22.7 Å². The number of nitro benzene ring substituents is 2. The summed E-state index contributed by atoms with van der Waals surface area (Å²) in [5.41, 5.74) is 13.5. The molecule has 0 spiro atoms. The van der Waals surface area contributed by atoms with Gasteiger partial charge in [-0.2, -0.15) is 19.4 Å². The maximum absolute atomic E-state index is 11.1. The van der Waals surface area contributed by atoms with Gasteiger partial charge < -0.3 is 29.4 Å². The highest BCUT2D eigenvalue weighted by Gasteiger charge is 2.45. The zero-order chi connectivity index (χ0) is 43.7. The van der Waals surface area contributed by atoms with Crippen molar-refractivity contribution in [2.75, 3.05) is 28.3 Å². The SMILES string of the molecule is COc1ccc(CN/N=C/C2=[N+](C)c3ccc([N+](=O)[O-])cc3C2(C)C)cc1.COc1ccc(CN/N=C/C2=[N+](C)c3ccc([N+](=O)[O-])cc3C2(C)C)cc1.O=S(=O)([O-])[O-]. The maximum atomic E-state index is 11.1. The molecule has 18 nitrogen and oxygen atoms in total. The quantitative estimate of drug-likeness (QED) is 0.0454. The van der Waals surface area contributed by atoms with Gasteiger partial charge in [0, 0.05) is 57.9 Å². The van der Waals surface area contributed by atoms with Crippen molar-refractivity contribution in [3.63, 3.8) is 0 Å². The van der Waals surface area contributed by atoms with Crippen molar-refractivity contribution in [3.8, 4) is 11.5 Å². The minimum atomic E-state index is -5.17. The third kappa shape index (κ3) is 11.3. The summed E-state index contributed by atoms with van der Waals surface area (Å²) >= 11 is 0. The zero-order valence-electron chi connectivity index (χ0n) is 33.8. The summed E-state index contributed by atoms with van der Waals surface area (Å²) in [4.78, 5) is 21.5. The number of nitrogens with zero attached hydrogens (tertiary/aromatic N) is 6. The highest BCUT2D eigenvalue weighted by molar-refractivity contribution is 7.79. The van der Waals surface area contributed by atoms with Crippen molar-refractivity contribution in [1.29, 1.82) is 0 Å². The minimum absolute atomic E-state index is 0.103. The Bertz CT molecular complexity index is 2260. The van der Waals surface area contributed by atoms with Gasteiger partial charge in [0.1, 0.15) is 38.0 Å². The molecule has 0 amide bonds. The van der Waals surface area contributed by atoms with Gasteiger partial charge in [-0.25, -0.2) is 0 Å². The second-order valence-corrected chi connectivity index (χ2v) is 15.2. The third-order valence-corrected chi connectivity index (χ3v) is 9.90. The number of rotatable bonds is 12. The van der Waals surface area contributed by atoms with Gasteiger partial charge in [0.25, 0.3) is 11.4 Å². The summed E-state index contributed by atoms with van der Waals surface area (Å²) in [7, 11) is 2.01. The lowest BCUT2D eigenvalue weighted by molar-refractivity contribution is -0.401. The number of methoxy groups -OCH3 is 2. The van der Waals surface area contributed by atoms with E-state index in [-0.39, 0.29) is 32.1 Å². The third-order valence-electron chi connectivity index (χ3n) is 9.90. The fourth-order valence-corrected chi connectivity index (χ4v) is 6.71. The van der Waals surface area contributed by atoms with E-state index in [1.54, 1.807) is 50.9 Å². The largest absolute Gasteiger partial charge is 0.759 e. The number of fused-ring (bicyclic) bond motifs is 2. The zero-order valence-corrected chi connectivity index (χ0v) is 34.6. The number of hydrogen-bond acceptors (Lipinski definition) is 14. The monoisotopic (exact) mass is 830 g/mol. The summed E-state index contributed by atoms with van der Waals surface area (Å²) in [6.07, 6.45) is 3.57. The molecule has 19 heteroatoms. The Labute approximate surface area is 342 Å². The van der Waals surface area contributed by atoms with Crippen molar-refractivity contribution in [3.05, 3.63) is 127 Å². The fraction of sp³-hybridized carbons (Fsp3) is 0.300. The Morgan fingerprint density at radius 3 is 1.25 bits per heavy atom. The molecular weight excluding hydrogens is 785 g/mol. The maximum Gasteiger partial charge on any atom is 0.270 e. The molecule has 4 aromatic carbocycles. The van der Waals surface area contributed by atoms with Crippen LogP contribution in [0.5, 0.6) is 11.5 Å². The van der Waals surface area contributed by atoms with E-state index in [9.17, 15) is 20.2 Å². The molecule has 0 fully saturated rings. The van der Waals surface area contributed by atoms with E-state index < -0.39 is 10.4 Å². The Morgan fingerprint density at radius 1 is 0.644 bits per heavy atom. The van der Waals surface area contributed by atoms with Crippen molar-refractivity contribution in [1.82, 2.24) is 10.9 Å². The van der Waals surface area contributed by atoms with E-state index >= 15 is 0 Å². The molecule has 0 unspecified atom stereocenters. The minimum Gasteiger partial charge on any atom is -0.759 e. The molecule has 0 bridgehead atoms. The first-order chi connectivity index (χ1) is 27.7. The van der Waals surface area contributed by atoms with Crippen LogP contribution in [-0.4, -0.2) is 88.7 Å². The van der Waals surface area contributed by atoms with E-state index in [0.717, 1.165) is 56.6 Å². The predicted octanol–water partition coefficient (Wildman–Crippen LogP) is 5.43. The molecule has 2 aliphatic rings. The van der Waals surface area contributed by atoms with Gasteiger partial charge in [-0.05, 0) is 63.1 Å². The van der Waals surface area contributed by atoms with Crippen LogP contribution < -0.4 is 20.3 Å². The number of non-ortho nitro benzene ring substituents is 2. The second kappa shape index (κ2) is 18.8. The average molecular weight is 831 g/mol. The normalized spacial score (nSPS) is 14.8. The number of hydrogen-bond donors (Lipinski definition) is 2. The number of benzene rings is 4. The summed E-state index contributed by atoms with van der Waals surface area (Å²) in [6, 6.07) is 25.5. The molecule has 4 aromatic rings. The van der Waals surface area contributed by atoms with Crippen LogP contribution in [0, 0.1) is 20.2 Å². The molecule has 2 heterocycles. The standard InChI is InChI=1S/2C20H22N4O3.H2O4S/c2*1-20(2)17-11-15(24(25)26)7-10-18(17)23(3)19(20)13-22-21-12-14-5-8-16(27-4)9-6-14;1-5(2,3)4/h2*5-11,13H,12H2,1-4H3;(H2,1,2,3,4). The lowest BCUT2D eigenvalue weighted by atomic mass is 9.82. The van der Waals surface area contributed by atoms with Gasteiger partial charge in [0.15, 0.2) is 0 Å². The van der Waals surface area contributed by atoms with Gasteiger partial charge in [0.2, 0.25) is 22.8 Å². The van der Waals surface area contributed by atoms with Crippen LogP contribution in [-0.2, 0) is 34.3 Å². The highest BCUT2D eigenvalue weighted by atomic mass is 32.3. The van der Waals surface area contributed by atoms with Crippen LogP contribution >= 0.6 is 0 Å². The topological polar surface area (TPSA) is 240 Å². The van der Waals surface area contributed by atoms with E-state index in [0.29, 0.717) is 13.1 Å². The van der Waals surface area contributed by atoms with Gasteiger partial charge in [-0.1, -0.05) is 24.3 Å². The van der Waals surface area contributed by atoms with Gasteiger partial charge in [-0.3, -0.25) is 28.6 Å². The highest BCUT2D eigenvalue weighted by Crippen LogP contribution is 2.41. The Morgan fingerprint density at radius 2 is 0.966 bits per heavy atom. The summed E-state index contributed by atoms with van der Waals surface area (Å²) in [5, 5.41) is 30.9. The molecule has 6 rings (SSSR count). The second-order valence-electron chi connectivity index (χ2n) is 14.3. The number of nitro groups is 2. The van der Waals surface area contributed by atoms with E-state index in [2.05, 4.69) is 21.1 Å². The van der Waals surface area contributed by atoms with Crippen molar-refractivity contribution in [2.45, 2.75) is 51.6 Å². The van der Waals surface area contributed by atoms with Gasteiger partial charge in [0.05, 0.1) is 48.0 Å². The average Bonchev–Trinajstić information content (AvgIpc) is 3.50. The van der Waals surface area contributed by atoms with Crippen LogP contribution in [0.25, 0.3) is 0 Å².